The van der Waals surface area contributed by atoms with Crippen molar-refractivity contribution >= 4 is 10.1 Å². The lowest BCUT2D eigenvalue weighted by molar-refractivity contribution is 0.338. The second-order valence-corrected chi connectivity index (χ2v) is 4.29. The number of rotatable bonds is 3. The van der Waals surface area contributed by atoms with Crippen molar-refractivity contribution in [3.8, 4) is 0 Å². The van der Waals surface area contributed by atoms with Crippen LogP contribution < -0.4 is 0 Å². The molecule has 3 nitrogen and oxygen atoms in total. The van der Waals surface area contributed by atoms with Crippen LogP contribution in [-0.4, -0.2) is 15.0 Å². The lowest BCUT2D eigenvalue weighted by Gasteiger charge is -2.03. The van der Waals surface area contributed by atoms with Crippen molar-refractivity contribution in [2.45, 2.75) is 18.7 Å². The molecule has 1 aromatic rings. The molecule has 0 amide bonds. The summed E-state index contributed by atoms with van der Waals surface area (Å²) in [5.41, 5.74) is 0.903. The molecule has 0 atom stereocenters. The third-order valence-corrected chi connectivity index (χ3v) is 2.93. The van der Waals surface area contributed by atoms with Gasteiger partial charge in [-0.1, -0.05) is 12.1 Å². The van der Waals surface area contributed by atoms with E-state index in [2.05, 4.69) is 4.18 Å². The Morgan fingerprint density at radius 2 is 2.08 bits per heavy atom. The Morgan fingerprint density at radius 1 is 1.38 bits per heavy atom. The fourth-order valence-electron chi connectivity index (χ4n) is 0.994. The SMILES string of the molecule is CCOS(=O)(=O)c1cccc(C)c1. The Balaban J connectivity index is 3.08. The minimum absolute atomic E-state index is 0.163. The topological polar surface area (TPSA) is 43.4 Å². The Labute approximate surface area is 78.5 Å². The van der Waals surface area contributed by atoms with Gasteiger partial charge in [0.2, 0.25) is 0 Å². The van der Waals surface area contributed by atoms with Crippen molar-refractivity contribution in [3.63, 3.8) is 0 Å². The first kappa shape index (κ1) is 10.2. The standard InChI is InChI=1S/C9H12O3S/c1-3-12-13(10,11)9-6-4-5-8(2)7-9/h4-7H,3H2,1-2H3. The van der Waals surface area contributed by atoms with E-state index in [1.54, 1.807) is 19.1 Å². The van der Waals surface area contributed by atoms with Crippen molar-refractivity contribution in [3.05, 3.63) is 29.8 Å². The minimum Gasteiger partial charge on any atom is -0.267 e. The highest BCUT2D eigenvalue weighted by Gasteiger charge is 2.13. The Bertz CT molecular complexity index is 382. The molecule has 0 radical (unpaired) electrons. The first-order valence-corrected chi connectivity index (χ1v) is 5.43. The van der Waals surface area contributed by atoms with Gasteiger partial charge in [0.15, 0.2) is 0 Å². The summed E-state index contributed by atoms with van der Waals surface area (Å²) in [5.74, 6) is 0. The highest BCUT2D eigenvalue weighted by atomic mass is 32.2. The molecular weight excluding hydrogens is 188 g/mol. The van der Waals surface area contributed by atoms with Gasteiger partial charge in [0.25, 0.3) is 10.1 Å². The van der Waals surface area contributed by atoms with Crippen molar-refractivity contribution < 1.29 is 12.6 Å². The molecule has 0 aliphatic heterocycles. The first-order valence-electron chi connectivity index (χ1n) is 4.02. The van der Waals surface area contributed by atoms with E-state index in [-0.39, 0.29) is 11.5 Å². The number of hydrogen-bond acceptors (Lipinski definition) is 3. The van der Waals surface area contributed by atoms with Crippen molar-refractivity contribution in [1.82, 2.24) is 0 Å². The largest absolute Gasteiger partial charge is 0.296 e. The highest BCUT2D eigenvalue weighted by molar-refractivity contribution is 7.86. The van der Waals surface area contributed by atoms with E-state index in [1.165, 1.54) is 6.07 Å². The Hall–Kier alpha value is -0.870. The molecule has 0 saturated carbocycles. The molecule has 0 N–H and O–H groups in total. The molecule has 13 heavy (non-hydrogen) atoms. The predicted molar refractivity (Wildman–Crippen MR) is 50.0 cm³/mol. The van der Waals surface area contributed by atoms with E-state index in [0.717, 1.165) is 5.56 Å². The monoisotopic (exact) mass is 200 g/mol. The van der Waals surface area contributed by atoms with Crippen molar-refractivity contribution in [1.29, 1.82) is 0 Å². The third-order valence-electron chi connectivity index (χ3n) is 1.55. The summed E-state index contributed by atoms with van der Waals surface area (Å²) in [7, 11) is -3.53. The molecule has 0 bridgehead atoms. The smallest absolute Gasteiger partial charge is 0.267 e. The molecule has 0 aliphatic rings. The molecule has 0 saturated heterocycles. The third kappa shape index (κ3) is 2.54. The van der Waals surface area contributed by atoms with E-state index in [4.69, 9.17) is 0 Å². The summed E-state index contributed by atoms with van der Waals surface area (Å²) in [5, 5.41) is 0. The van der Waals surface area contributed by atoms with Gasteiger partial charge in [-0.25, -0.2) is 0 Å². The molecule has 0 heterocycles. The zero-order valence-electron chi connectivity index (χ0n) is 7.65. The zero-order chi connectivity index (χ0) is 9.90. The fourth-order valence-corrected chi connectivity index (χ4v) is 2.02. The highest BCUT2D eigenvalue weighted by Crippen LogP contribution is 2.13. The average Bonchev–Trinajstić information content (AvgIpc) is 2.04. The van der Waals surface area contributed by atoms with Crippen LogP contribution in [0.25, 0.3) is 0 Å². The summed E-state index contributed by atoms with van der Waals surface area (Å²) >= 11 is 0. The second-order valence-electron chi connectivity index (χ2n) is 2.68. The summed E-state index contributed by atoms with van der Waals surface area (Å²) in [6.45, 7) is 3.65. The quantitative estimate of drug-likeness (QED) is 0.698. The number of benzene rings is 1. The number of hydrogen-bond donors (Lipinski definition) is 0. The van der Waals surface area contributed by atoms with E-state index < -0.39 is 10.1 Å². The van der Waals surface area contributed by atoms with Crippen LogP contribution in [0.2, 0.25) is 0 Å². The summed E-state index contributed by atoms with van der Waals surface area (Å²) in [4.78, 5) is 0.217. The molecule has 0 aliphatic carbocycles. The normalized spacial score (nSPS) is 11.5. The van der Waals surface area contributed by atoms with Gasteiger partial charge in [-0.05, 0) is 31.5 Å². The first-order chi connectivity index (χ1) is 6.06. The van der Waals surface area contributed by atoms with Crippen LogP contribution in [-0.2, 0) is 14.3 Å². The van der Waals surface area contributed by atoms with Gasteiger partial charge in [0.1, 0.15) is 0 Å². The molecule has 0 unspecified atom stereocenters. The maximum Gasteiger partial charge on any atom is 0.296 e. The Kier molecular flexibility index (Phi) is 3.06. The number of aryl methyl sites for hydroxylation is 1. The second kappa shape index (κ2) is 3.89. The van der Waals surface area contributed by atoms with Crippen molar-refractivity contribution in [2.75, 3.05) is 6.61 Å². The summed E-state index contributed by atoms with van der Waals surface area (Å²) in [6, 6.07) is 6.65. The van der Waals surface area contributed by atoms with Crippen LogP contribution in [0.4, 0.5) is 0 Å². The summed E-state index contributed by atoms with van der Waals surface area (Å²) in [6.07, 6.45) is 0. The van der Waals surface area contributed by atoms with Crippen LogP contribution in [0.3, 0.4) is 0 Å². The molecule has 1 aromatic carbocycles. The van der Waals surface area contributed by atoms with E-state index in [1.807, 2.05) is 13.0 Å². The molecular formula is C9H12O3S. The maximum absolute atomic E-state index is 11.4. The lowest BCUT2D eigenvalue weighted by atomic mass is 10.2. The van der Waals surface area contributed by atoms with Gasteiger partial charge in [0, 0.05) is 0 Å². The molecule has 4 heteroatoms. The van der Waals surface area contributed by atoms with Gasteiger partial charge >= 0.3 is 0 Å². The summed E-state index contributed by atoms with van der Waals surface area (Å²) < 4.78 is 27.4. The van der Waals surface area contributed by atoms with Gasteiger partial charge in [-0.3, -0.25) is 4.18 Å². The molecule has 1 rings (SSSR count). The molecule has 0 fully saturated rings. The van der Waals surface area contributed by atoms with Crippen LogP contribution in [0.15, 0.2) is 29.2 Å². The Morgan fingerprint density at radius 3 is 2.62 bits per heavy atom. The van der Waals surface area contributed by atoms with Crippen LogP contribution in [0, 0.1) is 6.92 Å². The van der Waals surface area contributed by atoms with Crippen molar-refractivity contribution in [2.24, 2.45) is 0 Å². The van der Waals surface area contributed by atoms with Gasteiger partial charge in [0.05, 0.1) is 11.5 Å². The average molecular weight is 200 g/mol. The molecule has 0 aromatic heterocycles. The fraction of sp³-hybridized carbons (Fsp3) is 0.333. The maximum atomic E-state index is 11.4. The van der Waals surface area contributed by atoms with Crippen LogP contribution >= 0.6 is 0 Å². The van der Waals surface area contributed by atoms with Crippen LogP contribution in [0.1, 0.15) is 12.5 Å². The van der Waals surface area contributed by atoms with Gasteiger partial charge in [-0.15, -0.1) is 0 Å². The predicted octanol–water partition coefficient (Wildman–Crippen LogP) is 1.72. The lowest BCUT2D eigenvalue weighted by Crippen LogP contribution is -2.05. The zero-order valence-corrected chi connectivity index (χ0v) is 8.47. The van der Waals surface area contributed by atoms with E-state index in [9.17, 15) is 8.42 Å². The molecule has 72 valence electrons. The minimum atomic E-state index is -3.53. The van der Waals surface area contributed by atoms with Crippen LogP contribution in [0.5, 0.6) is 0 Å². The van der Waals surface area contributed by atoms with Gasteiger partial charge in [-0.2, -0.15) is 8.42 Å². The molecule has 0 spiro atoms. The van der Waals surface area contributed by atoms with E-state index in [0.29, 0.717) is 0 Å². The van der Waals surface area contributed by atoms with Gasteiger partial charge < -0.3 is 0 Å². The van der Waals surface area contributed by atoms with E-state index >= 15 is 0 Å².